The molecule has 38 heavy (non-hydrogen) atoms. The van der Waals surface area contributed by atoms with E-state index in [0.717, 1.165) is 12.8 Å². The van der Waals surface area contributed by atoms with E-state index in [9.17, 15) is 14.3 Å². The zero-order valence-electron chi connectivity index (χ0n) is 25.7. The van der Waals surface area contributed by atoms with Crippen LogP contribution in [0.15, 0.2) is 0 Å². The van der Waals surface area contributed by atoms with Crippen molar-refractivity contribution >= 4 is 13.6 Å². The zero-order valence-corrected chi connectivity index (χ0v) is 26.6. The minimum absolute atomic E-state index is 0.0617. The third-order valence-electron chi connectivity index (χ3n) is 6.71. The van der Waals surface area contributed by atoms with E-state index in [2.05, 4.69) is 6.92 Å². The second-order valence-corrected chi connectivity index (χ2v) is 13.9. The standard InChI is InChI=1S/C30H62NO6P/c1-6-8-9-10-11-12-13-14-15-16-17-18-19-20-21-22-25-35-27-29(37-30(32)23-7-2)28-36-38(33,34)26-24-31(3,4)5/h29H,6-28H2,1-5H3/p+1. The highest BCUT2D eigenvalue weighted by molar-refractivity contribution is 7.52. The van der Waals surface area contributed by atoms with Gasteiger partial charge in [-0.15, -0.1) is 0 Å². The van der Waals surface area contributed by atoms with Crippen LogP contribution in [0.1, 0.15) is 129 Å². The number of carbonyl (C=O) groups is 1. The van der Waals surface area contributed by atoms with E-state index in [4.69, 9.17) is 14.0 Å². The van der Waals surface area contributed by atoms with E-state index in [1.54, 1.807) is 0 Å². The van der Waals surface area contributed by atoms with Crippen LogP contribution >= 0.6 is 7.60 Å². The molecule has 0 bridgehead atoms. The summed E-state index contributed by atoms with van der Waals surface area (Å²) >= 11 is 0. The van der Waals surface area contributed by atoms with Crippen LogP contribution in [0.25, 0.3) is 0 Å². The van der Waals surface area contributed by atoms with E-state index >= 15 is 0 Å². The van der Waals surface area contributed by atoms with Crippen molar-refractivity contribution in [2.24, 2.45) is 0 Å². The predicted molar refractivity (Wildman–Crippen MR) is 159 cm³/mol. The van der Waals surface area contributed by atoms with Crippen molar-refractivity contribution in [3.8, 4) is 0 Å². The summed E-state index contributed by atoms with van der Waals surface area (Å²) in [6.45, 7) is 5.35. The number of unbranched alkanes of at least 4 members (excludes halogenated alkanes) is 15. The Hall–Kier alpha value is -0.460. The van der Waals surface area contributed by atoms with Crippen LogP contribution in [-0.4, -0.2) is 75.1 Å². The van der Waals surface area contributed by atoms with Gasteiger partial charge in [0.15, 0.2) is 0 Å². The van der Waals surface area contributed by atoms with Crippen molar-refractivity contribution in [1.82, 2.24) is 0 Å². The van der Waals surface area contributed by atoms with Gasteiger partial charge in [0.2, 0.25) is 0 Å². The highest BCUT2D eigenvalue weighted by atomic mass is 31.2. The average Bonchev–Trinajstić information content (AvgIpc) is 2.85. The van der Waals surface area contributed by atoms with Gasteiger partial charge in [-0.2, -0.15) is 0 Å². The molecule has 0 rings (SSSR count). The van der Waals surface area contributed by atoms with Crippen molar-refractivity contribution in [2.75, 3.05) is 53.7 Å². The largest absolute Gasteiger partial charge is 0.457 e. The summed E-state index contributed by atoms with van der Waals surface area (Å²) in [6.07, 6.45) is 21.6. The summed E-state index contributed by atoms with van der Waals surface area (Å²) in [7, 11) is 2.14. The van der Waals surface area contributed by atoms with Crippen LogP contribution < -0.4 is 0 Å². The molecule has 2 unspecified atom stereocenters. The monoisotopic (exact) mass is 564 g/mol. The van der Waals surface area contributed by atoms with Gasteiger partial charge in [-0.25, -0.2) is 0 Å². The molecule has 0 spiro atoms. The molecule has 0 aromatic rings. The van der Waals surface area contributed by atoms with Crippen molar-refractivity contribution < 1.29 is 32.7 Å². The molecular formula is C30H63NO6P+. The maximum Gasteiger partial charge on any atom is 0.333 e. The first kappa shape index (κ1) is 37.5. The number of carbonyl (C=O) groups excluding carboxylic acids is 1. The fourth-order valence-corrected chi connectivity index (χ4v) is 5.60. The van der Waals surface area contributed by atoms with Crippen molar-refractivity contribution in [3.05, 3.63) is 0 Å². The summed E-state index contributed by atoms with van der Waals surface area (Å²) in [6, 6.07) is 0. The van der Waals surface area contributed by atoms with Crippen molar-refractivity contribution in [2.45, 2.75) is 136 Å². The van der Waals surface area contributed by atoms with E-state index in [1.165, 1.54) is 89.9 Å². The highest BCUT2D eigenvalue weighted by Gasteiger charge is 2.26. The Balaban J connectivity index is 3.86. The predicted octanol–water partition coefficient (Wildman–Crippen LogP) is 7.88. The molecule has 228 valence electrons. The van der Waals surface area contributed by atoms with Gasteiger partial charge in [-0.3, -0.25) is 9.36 Å². The van der Waals surface area contributed by atoms with Gasteiger partial charge in [-0.1, -0.05) is 110 Å². The van der Waals surface area contributed by atoms with Gasteiger partial charge in [0.25, 0.3) is 0 Å². The first-order valence-electron chi connectivity index (χ1n) is 15.6. The number of quaternary nitrogens is 1. The van der Waals surface area contributed by atoms with E-state index in [-0.39, 0.29) is 25.3 Å². The number of ether oxygens (including phenoxy) is 2. The molecule has 0 aliphatic rings. The topological polar surface area (TPSA) is 82.1 Å². The Morgan fingerprint density at radius 1 is 0.737 bits per heavy atom. The van der Waals surface area contributed by atoms with Crippen LogP contribution in [0, 0.1) is 0 Å². The van der Waals surface area contributed by atoms with Crippen LogP contribution in [0.2, 0.25) is 0 Å². The fraction of sp³-hybridized carbons (Fsp3) is 0.967. The Labute approximate surface area is 235 Å². The molecule has 0 aliphatic heterocycles. The van der Waals surface area contributed by atoms with Gasteiger partial charge in [-0.05, 0) is 12.8 Å². The van der Waals surface area contributed by atoms with Crippen LogP contribution in [0.5, 0.6) is 0 Å². The van der Waals surface area contributed by atoms with Gasteiger partial charge in [0.05, 0.1) is 47.1 Å². The molecular weight excluding hydrogens is 501 g/mol. The summed E-state index contributed by atoms with van der Waals surface area (Å²) in [5.74, 6) is -0.328. The minimum Gasteiger partial charge on any atom is -0.457 e. The van der Waals surface area contributed by atoms with Crippen molar-refractivity contribution in [1.29, 1.82) is 0 Å². The normalized spacial score (nSPS) is 14.4. The van der Waals surface area contributed by atoms with E-state index in [1.807, 2.05) is 28.1 Å². The fourth-order valence-electron chi connectivity index (χ4n) is 4.22. The maximum absolute atomic E-state index is 12.4. The molecule has 0 fully saturated rings. The number of hydrogen-bond donors (Lipinski definition) is 1. The maximum atomic E-state index is 12.4. The average molecular weight is 565 g/mol. The lowest BCUT2D eigenvalue weighted by Gasteiger charge is -2.25. The number of esters is 1. The molecule has 1 N–H and O–H groups in total. The van der Waals surface area contributed by atoms with Gasteiger partial charge >= 0.3 is 13.6 Å². The molecule has 7 nitrogen and oxygen atoms in total. The first-order valence-corrected chi connectivity index (χ1v) is 17.4. The number of hydrogen-bond acceptors (Lipinski definition) is 5. The smallest absolute Gasteiger partial charge is 0.333 e. The highest BCUT2D eigenvalue weighted by Crippen LogP contribution is 2.41. The first-order chi connectivity index (χ1) is 18.1. The molecule has 8 heteroatoms. The second-order valence-electron chi connectivity index (χ2n) is 11.9. The van der Waals surface area contributed by atoms with E-state index < -0.39 is 13.7 Å². The van der Waals surface area contributed by atoms with E-state index in [0.29, 0.717) is 30.5 Å². The van der Waals surface area contributed by atoms with Crippen molar-refractivity contribution in [3.63, 3.8) is 0 Å². The molecule has 0 aliphatic carbocycles. The zero-order chi connectivity index (χ0) is 28.5. The Bertz CT molecular complexity index is 596. The Kier molecular flexibility index (Phi) is 24.1. The SMILES string of the molecule is CCCCCCCCCCCCCCCCCCOCC(COP(=O)(O)CC[N+](C)(C)C)OC(=O)CCC. The van der Waals surface area contributed by atoms with Gasteiger partial charge < -0.3 is 23.4 Å². The molecule has 0 amide bonds. The van der Waals surface area contributed by atoms with Crippen LogP contribution in [0.3, 0.4) is 0 Å². The molecule has 0 aromatic carbocycles. The number of nitrogens with zero attached hydrogens (tertiary/aromatic N) is 1. The third-order valence-corrected chi connectivity index (χ3v) is 8.03. The molecule has 0 aromatic heterocycles. The lowest BCUT2D eigenvalue weighted by atomic mass is 10.0. The Morgan fingerprint density at radius 3 is 1.66 bits per heavy atom. The Morgan fingerprint density at radius 2 is 1.21 bits per heavy atom. The molecule has 2 atom stereocenters. The molecule has 0 radical (unpaired) electrons. The van der Waals surface area contributed by atoms with Crippen LogP contribution in [-0.2, 0) is 23.4 Å². The second kappa shape index (κ2) is 24.3. The van der Waals surface area contributed by atoms with Crippen LogP contribution in [0.4, 0.5) is 0 Å². The van der Waals surface area contributed by atoms with Gasteiger partial charge in [0, 0.05) is 13.0 Å². The number of rotatable bonds is 28. The van der Waals surface area contributed by atoms with Gasteiger partial charge in [0.1, 0.15) is 6.10 Å². The molecule has 0 heterocycles. The lowest BCUT2D eigenvalue weighted by Crippen LogP contribution is -2.37. The summed E-state index contributed by atoms with van der Waals surface area (Å²) in [4.78, 5) is 22.1. The minimum atomic E-state index is -3.74. The molecule has 0 saturated heterocycles. The summed E-state index contributed by atoms with van der Waals surface area (Å²) < 4.78 is 29.4. The third kappa shape index (κ3) is 27.1. The molecule has 0 saturated carbocycles. The quantitative estimate of drug-likeness (QED) is 0.0450. The lowest BCUT2D eigenvalue weighted by molar-refractivity contribution is -0.867. The summed E-state index contributed by atoms with van der Waals surface area (Å²) in [5, 5.41) is 0. The summed E-state index contributed by atoms with van der Waals surface area (Å²) in [5.41, 5.74) is 0.